The van der Waals surface area contributed by atoms with E-state index in [0.29, 0.717) is 16.3 Å². The first-order chi connectivity index (χ1) is 9.52. The molecule has 0 radical (unpaired) electrons. The van der Waals surface area contributed by atoms with Gasteiger partial charge >= 0.3 is 5.69 Å². The number of hydrogen-bond acceptors (Lipinski definition) is 4. The molecule has 0 bridgehead atoms. The fourth-order valence-corrected chi connectivity index (χ4v) is 3.26. The smallest absolute Gasteiger partial charge is 0.312 e. The Bertz CT molecular complexity index is 487. The lowest BCUT2D eigenvalue weighted by Gasteiger charge is -2.34. The molecule has 0 amide bonds. The van der Waals surface area contributed by atoms with E-state index in [0.717, 1.165) is 18.8 Å². The standard InChI is InChI=1S/C14H20BrN3O2/c1-3-10-4-6-12(7-5-10)17(2)14-13(18(19)20)8-11(15)9-16-14/h8-10,12H,3-7H2,1-2H3. The van der Waals surface area contributed by atoms with Crippen LogP contribution in [0.4, 0.5) is 11.5 Å². The predicted octanol–water partition coefficient (Wildman–Crippen LogP) is 4.16. The molecule has 20 heavy (non-hydrogen) atoms. The maximum absolute atomic E-state index is 11.2. The van der Waals surface area contributed by atoms with E-state index in [-0.39, 0.29) is 10.6 Å². The molecule has 5 nitrogen and oxygen atoms in total. The first kappa shape index (κ1) is 15.2. The number of rotatable bonds is 4. The third-order valence-electron chi connectivity index (χ3n) is 4.29. The third-order valence-corrected chi connectivity index (χ3v) is 4.72. The second-order valence-corrected chi connectivity index (χ2v) is 6.36. The van der Waals surface area contributed by atoms with Crippen molar-refractivity contribution in [3.8, 4) is 0 Å². The molecule has 1 heterocycles. The highest BCUT2D eigenvalue weighted by Gasteiger charge is 2.28. The lowest BCUT2D eigenvalue weighted by atomic mass is 9.84. The van der Waals surface area contributed by atoms with Crippen LogP contribution >= 0.6 is 15.9 Å². The summed E-state index contributed by atoms with van der Waals surface area (Å²) < 4.78 is 0.635. The van der Waals surface area contributed by atoms with Crippen LogP contribution in [0.25, 0.3) is 0 Å². The van der Waals surface area contributed by atoms with Crippen molar-refractivity contribution in [3.05, 3.63) is 26.9 Å². The van der Waals surface area contributed by atoms with Crippen LogP contribution in [-0.4, -0.2) is 23.0 Å². The van der Waals surface area contributed by atoms with E-state index in [1.54, 1.807) is 6.20 Å². The molecule has 110 valence electrons. The number of hydrogen-bond donors (Lipinski definition) is 0. The molecule has 6 heteroatoms. The minimum atomic E-state index is -0.360. The van der Waals surface area contributed by atoms with Crippen LogP contribution in [0.3, 0.4) is 0 Å². The summed E-state index contributed by atoms with van der Waals surface area (Å²) in [7, 11) is 1.92. The van der Waals surface area contributed by atoms with Crippen molar-refractivity contribution >= 4 is 27.4 Å². The lowest BCUT2D eigenvalue weighted by molar-refractivity contribution is -0.384. The highest BCUT2D eigenvalue weighted by molar-refractivity contribution is 9.10. The van der Waals surface area contributed by atoms with Crippen molar-refractivity contribution in [3.63, 3.8) is 0 Å². The number of nitro groups is 1. The Hall–Kier alpha value is -1.17. The van der Waals surface area contributed by atoms with E-state index in [4.69, 9.17) is 0 Å². The molecule has 1 fully saturated rings. The molecule has 0 spiro atoms. The first-order valence-corrected chi connectivity index (χ1v) is 7.85. The topological polar surface area (TPSA) is 59.3 Å². The average molecular weight is 342 g/mol. The van der Waals surface area contributed by atoms with Gasteiger partial charge in [0.1, 0.15) is 0 Å². The van der Waals surface area contributed by atoms with Crippen LogP contribution in [0.15, 0.2) is 16.7 Å². The Labute approximate surface area is 127 Å². The van der Waals surface area contributed by atoms with E-state index < -0.39 is 0 Å². The fraction of sp³-hybridized carbons (Fsp3) is 0.643. The molecule has 0 unspecified atom stereocenters. The SMILES string of the molecule is CCC1CCC(N(C)c2ncc(Br)cc2[N+](=O)[O-])CC1. The molecular formula is C14H20BrN3O2. The zero-order valence-corrected chi connectivity index (χ0v) is 13.5. The number of anilines is 1. The maximum Gasteiger partial charge on any atom is 0.312 e. The number of halogens is 1. The largest absolute Gasteiger partial charge is 0.351 e. The van der Waals surface area contributed by atoms with Gasteiger partial charge in [-0.3, -0.25) is 10.1 Å². The van der Waals surface area contributed by atoms with Crippen LogP contribution in [-0.2, 0) is 0 Å². The fourth-order valence-electron chi connectivity index (χ4n) is 2.94. The molecule has 1 aliphatic rings. The quantitative estimate of drug-likeness (QED) is 0.609. The zero-order valence-electron chi connectivity index (χ0n) is 11.9. The number of aromatic nitrogens is 1. The molecule has 2 rings (SSSR count). The van der Waals surface area contributed by atoms with Gasteiger partial charge in [-0.05, 0) is 47.5 Å². The third kappa shape index (κ3) is 3.29. The van der Waals surface area contributed by atoms with Crippen molar-refractivity contribution in [2.24, 2.45) is 5.92 Å². The van der Waals surface area contributed by atoms with E-state index in [1.165, 1.54) is 25.3 Å². The lowest BCUT2D eigenvalue weighted by Crippen LogP contribution is -2.36. The Morgan fingerprint density at radius 3 is 2.65 bits per heavy atom. The number of nitrogens with zero attached hydrogens (tertiary/aromatic N) is 3. The zero-order chi connectivity index (χ0) is 14.7. The molecule has 0 aromatic carbocycles. The molecule has 1 aromatic rings. The van der Waals surface area contributed by atoms with Gasteiger partial charge in [-0.1, -0.05) is 13.3 Å². The summed E-state index contributed by atoms with van der Waals surface area (Å²) in [6.07, 6.45) is 7.43. The van der Waals surface area contributed by atoms with E-state index in [9.17, 15) is 10.1 Å². The van der Waals surface area contributed by atoms with Gasteiger partial charge in [-0.15, -0.1) is 0 Å². The normalized spacial score (nSPS) is 22.6. The van der Waals surface area contributed by atoms with Crippen LogP contribution in [0, 0.1) is 16.0 Å². The predicted molar refractivity (Wildman–Crippen MR) is 83.0 cm³/mol. The Kier molecular flexibility index (Phi) is 4.96. The van der Waals surface area contributed by atoms with Crippen LogP contribution in [0.5, 0.6) is 0 Å². The Morgan fingerprint density at radius 2 is 2.10 bits per heavy atom. The van der Waals surface area contributed by atoms with Crippen LogP contribution in [0.1, 0.15) is 39.0 Å². The summed E-state index contributed by atoms with van der Waals surface area (Å²) >= 11 is 3.24. The van der Waals surface area contributed by atoms with Crippen molar-refractivity contribution in [2.45, 2.75) is 45.1 Å². The van der Waals surface area contributed by atoms with Crippen LogP contribution < -0.4 is 4.90 Å². The van der Waals surface area contributed by atoms with E-state index in [1.807, 2.05) is 11.9 Å². The average Bonchev–Trinajstić information content (AvgIpc) is 2.46. The second-order valence-electron chi connectivity index (χ2n) is 5.45. The second kappa shape index (κ2) is 6.52. The molecule has 0 atom stereocenters. The molecule has 1 aliphatic carbocycles. The molecule has 0 N–H and O–H groups in total. The highest BCUT2D eigenvalue weighted by Crippen LogP contribution is 2.34. The van der Waals surface area contributed by atoms with Gasteiger partial charge in [-0.2, -0.15) is 0 Å². The summed E-state index contributed by atoms with van der Waals surface area (Å²) in [6, 6.07) is 1.88. The van der Waals surface area contributed by atoms with Crippen LogP contribution in [0.2, 0.25) is 0 Å². The van der Waals surface area contributed by atoms with Crippen molar-refractivity contribution in [1.29, 1.82) is 0 Å². The van der Waals surface area contributed by atoms with E-state index in [2.05, 4.69) is 27.8 Å². The molecule has 1 aromatic heterocycles. The minimum Gasteiger partial charge on any atom is -0.351 e. The van der Waals surface area contributed by atoms with Crippen molar-refractivity contribution < 1.29 is 4.92 Å². The van der Waals surface area contributed by atoms with Gasteiger partial charge in [0.05, 0.1) is 4.92 Å². The summed E-state index contributed by atoms with van der Waals surface area (Å²) in [4.78, 5) is 17.1. The summed E-state index contributed by atoms with van der Waals surface area (Å²) in [5, 5.41) is 11.2. The van der Waals surface area contributed by atoms with Crippen molar-refractivity contribution in [2.75, 3.05) is 11.9 Å². The van der Waals surface area contributed by atoms with Gasteiger partial charge in [0, 0.05) is 29.8 Å². The molecule has 0 saturated heterocycles. The summed E-state index contributed by atoms with van der Waals surface area (Å²) in [6.45, 7) is 2.23. The molecule has 1 saturated carbocycles. The Morgan fingerprint density at radius 1 is 1.45 bits per heavy atom. The van der Waals surface area contributed by atoms with Gasteiger partial charge in [0.25, 0.3) is 0 Å². The Balaban J connectivity index is 2.17. The minimum absolute atomic E-state index is 0.0690. The number of pyridine rings is 1. The van der Waals surface area contributed by atoms with Gasteiger partial charge in [0.15, 0.2) is 0 Å². The summed E-state index contributed by atoms with van der Waals surface area (Å²) in [5.41, 5.74) is 0.0690. The van der Waals surface area contributed by atoms with Gasteiger partial charge < -0.3 is 4.90 Å². The van der Waals surface area contributed by atoms with Gasteiger partial charge in [-0.25, -0.2) is 4.98 Å². The first-order valence-electron chi connectivity index (χ1n) is 7.05. The summed E-state index contributed by atoms with van der Waals surface area (Å²) in [5.74, 6) is 1.28. The van der Waals surface area contributed by atoms with E-state index >= 15 is 0 Å². The maximum atomic E-state index is 11.2. The van der Waals surface area contributed by atoms with Crippen molar-refractivity contribution in [1.82, 2.24) is 4.98 Å². The van der Waals surface area contributed by atoms with Gasteiger partial charge in [0.2, 0.25) is 5.82 Å². The highest BCUT2D eigenvalue weighted by atomic mass is 79.9. The molecular weight excluding hydrogens is 322 g/mol. The molecule has 0 aliphatic heterocycles. The monoisotopic (exact) mass is 341 g/mol.